The van der Waals surface area contributed by atoms with Crippen molar-refractivity contribution in [3.8, 4) is 23.0 Å². The van der Waals surface area contributed by atoms with Crippen LogP contribution in [0.3, 0.4) is 0 Å². The summed E-state index contributed by atoms with van der Waals surface area (Å²) in [5.74, 6) is 2.07. The van der Waals surface area contributed by atoms with Gasteiger partial charge < -0.3 is 24.3 Å². The molecule has 0 heterocycles. The summed E-state index contributed by atoms with van der Waals surface area (Å²) in [7, 11) is 4.64. The minimum Gasteiger partial charge on any atom is -0.493 e. The van der Waals surface area contributed by atoms with Crippen molar-refractivity contribution in [3.05, 3.63) is 60.2 Å². The highest BCUT2D eigenvalue weighted by Crippen LogP contribution is 2.39. The summed E-state index contributed by atoms with van der Waals surface area (Å²) in [6, 6.07) is 10.5. The van der Waals surface area contributed by atoms with Gasteiger partial charge in [-0.2, -0.15) is 0 Å². The number of benzene rings is 2. The van der Waals surface area contributed by atoms with Crippen molar-refractivity contribution in [1.29, 1.82) is 0 Å². The van der Waals surface area contributed by atoms with Crippen molar-refractivity contribution in [2.24, 2.45) is 0 Å². The molecule has 0 spiro atoms. The van der Waals surface area contributed by atoms with E-state index in [1.165, 1.54) is 0 Å². The molecule has 0 saturated carbocycles. The van der Waals surface area contributed by atoms with Gasteiger partial charge in [-0.15, -0.1) is 0 Å². The lowest BCUT2D eigenvalue weighted by molar-refractivity contribution is 0.0950. The van der Waals surface area contributed by atoms with Crippen molar-refractivity contribution >= 4 is 5.91 Å². The zero-order valence-corrected chi connectivity index (χ0v) is 15.2. The molecule has 0 fully saturated rings. The molecule has 2 aromatic carbocycles. The Labute approximate surface area is 153 Å². The van der Waals surface area contributed by atoms with Crippen molar-refractivity contribution in [3.63, 3.8) is 0 Å². The maximum absolute atomic E-state index is 12.4. The van der Waals surface area contributed by atoms with Crippen molar-refractivity contribution in [2.45, 2.75) is 6.54 Å². The van der Waals surface area contributed by atoms with Crippen molar-refractivity contribution in [1.82, 2.24) is 5.32 Å². The first-order valence-corrected chi connectivity index (χ1v) is 8.04. The van der Waals surface area contributed by atoms with Gasteiger partial charge in [-0.05, 0) is 36.4 Å². The predicted octanol–water partition coefficient (Wildman–Crippen LogP) is 3.21. The second-order valence-electron chi connectivity index (χ2n) is 5.30. The fourth-order valence-electron chi connectivity index (χ4n) is 2.44. The Bertz CT molecular complexity index is 756. The third-order valence-electron chi connectivity index (χ3n) is 3.71. The molecule has 6 heteroatoms. The Balaban J connectivity index is 2.08. The summed E-state index contributed by atoms with van der Waals surface area (Å²) in [5, 5.41) is 2.87. The molecular weight excluding hydrogens is 334 g/mol. The zero-order chi connectivity index (χ0) is 18.9. The van der Waals surface area contributed by atoms with Gasteiger partial charge in [0.1, 0.15) is 12.4 Å². The molecule has 0 aliphatic heterocycles. The Kier molecular flexibility index (Phi) is 6.91. The first kappa shape index (κ1) is 19.2. The Morgan fingerprint density at radius 1 is 1.00 bits per heavy atom. The summed E-state index contributed by atoms with van der Waals surface area (Å²) in [6.07, 6.45) is 1.66. The van der Waals surface area contributed by atoms with Gasteiger partial charge in [0, 0.05) is 17.7 Å². The van der Waals surface area contributed by atoms with Crippen LogP contribution in [0.2, 0.25) is 0 Å². The lowest BCUT2D eigenvalue weighted by atomic mass is 10.1. The van der Waals surface area contributed by atoms with E-state index in [0.29, 0.717) is 35.2 Å². The van der Waals surface area contributed by atoms with E-state index >= 15 is 0 Å². The van der Waals surface area contributed by atoms with E-state index in [2.05, 4.69) is 11.9 Å². The number of carbonyl (C=O) groups excluding carboxylic acids is 1. The molecule has 1 amide bonds. The van der Waals surface area contributed by atoms with Crippen LogP contribution in [0, 0.1) is 0 Å². The third kappa shape index (κ3) is 4.47. The predicted molar refractivity (Wildman–Crippen MR) is 99.4 cm³/mol. The fraction of sp³-hybridized carbons (Fsp3) is 0.250. The van der Waals surface area contributed by atoms with Gasteiger partial charge in [-0.25, -0.2) is 0 Å². The molecule has 138 valence electrons. The summed E-state index contributed by atoms with van der Waals surface area (Å²) in [5.41, 5.74) is 1.32. The molecule has 0 bridgehead atoms. The summed E-state index contributed by atoms with van der Waals surface area (Å²) < 4.78 is 21.4. The van der Waals surface area contributed by atoms with E-state index < -0.39 is 0 Å². The fourth-order valence-corrected chi connectivity index (χ4v) is 2.44. The van der Waals surface area contributed by atoms with E-state index in [-0.39, 0.29) is 12.5 Å². The highest BCUT2D eigenvalue weighted by atomic mass is 16.5. The Hall–Kier alpha value is -3.15. The quantitative estimate of drug-likeness (QED) is 0.698. The smallest absolute Gasteiger partial charge is 0.251 e. The first-order chi connectivity index (χ1) is 12.6. The molecule has 0 aliphatic carbocycles. The van der Waals surface area contributed by atoms with E-state index in [4.69, 9.17) is 18.9 Å². The summed E-state index contributed by atoms with van der Waals surface area (Å²) in [6.45, 7) is 4.31. The standard InChI is InChI=1S/C20H23NO5/c1-5-12-26-16-9-6-14(7-10-16)20(22)21-13-15-8-11-17(23-2)19(25-4)18(15)24-3/h5-11H,1,12-13H2,2-4H3,(H,21,22). The Morgan fingerprint density at radius 2 is 1.69 bits per heavy atom. The first-order valence-electron chi connectivity index (χ1n) is 8.04. The van der Waals surface area contributed by atoms with Crippen LogP contribution in [-0.2, 0) is 6.54 Å². The lowest BCUT2D eigenvalue weighted by Gasteiger charge is -2.16. The van der Waals surface area contributed by atoms with Gasteiger partial charge in [0.25, 0.3) is 5.91 Å². The number of nitrogens with one attached hydrogen (secondary N) is 1. The van der Waals surface area contributed by atoms with Crippen LogP contribution in [0.4, 0.5) is 0 Å². The molecule has 26 heavy (non-hydrogen) atoms. The topological polar surface area (TPSA) is 66.0 Å². The molecule has 0 aliphatic rings. The van der Waals surface area contributed by atoms with Gasteiger partial charge in [-0.3, -0.25) is 4.79 Å². The molecule has 0 aromatic heterocycles. The highest BCUT2D eigenvalue weighted by molar-refractivity contribution is 5.94. The minimum absolute atomic E-state index is 0.197. The van der Waals surface area contributed by atoms with E-state index in [9.17, 15) is 4.79 Å². The number of methoxy groups -OCH3 is 3. The van der Waals surface area contributed by atoms with Crippen LogP contribution in [0.5, 0.6) is 23.0 Å². The molecule has 0 saturated heterocycles. The van der Waals surface area contributed by atoms with Gasteiger partial charge in [0.15, 0.2) is 11.5 Å². The van der Waals surface area contributed by atoms with Crippen LogP contribution in [0.1, 0.15) is 15.9 Å². The number of hydrogen-bond donors (Lipinski definition) is 1. The van der Waals surface area contributed by atoms with Crippen molar-refractivity contribution < 1.29 is 23.7 Å². The minimum atomic E-state index is -0.197. The van der Waals surface area contributed by atoms with E-state index in [0.717, 1.165) is 5.56 Å². The normalized spacial score (nSPS) is 9.96. The van der Waals surface area contributed by atoms with Gasteiger partial charge >= 0.3 is 0 Å². The van der Waals surface area contributed by atoms with E-state index in [1.54, 1.807) is 57.7 Å². The van der Waals surface area contributed by atoms with Gasteiger partial charge in [0.05, 0.1) is 21.3 Å². The summed E-state index contributed by atoms with van der Waals surface area (Å²) >= 11 is 0. The van der Waals surface area contributed by atoms with Crippen LogP contribution < -0.4 is 24.3 Å². The average Bonchev–Trinajstić information content (AvgIpc) is 2.69. The number of hydrogen-bond acceptors (Lipinski definition) is 5. The molecule has 0 unspecified atom stereocenters. The van der Waals surface area contributed by atoms with Crippen LogP contribution in [0.25, 0.3) is 0 Å². The van der Waals surface area contributed by atoms with Crippen LogP contribution >= 0.6 is 0 Å². The highest BCUT2D eigenvalue weighted by Gasteiger charge is 2.16. The van der Waals surface area contributed by atoms with Crippen LogP contribution in [-0.4, -0.2) is 33.8 Å². The van der Waals surface area contributed by atoms with Gasteiger partial charge in [0.2, 0.25) is 5.75 Å². The molecule has 2 rings (SSSR count). The second-order valence-corrected chi connectivity index (χ2v) is 5.30. The molecule has 0 radical (unpaired) electrons. The Morgan fingerprint density at radius 3 is 2.27 bits per heavy atom. The largest absolute Gasteiger partial charge is 0.493 e. The number of ether oxygens (including phenoxy) is 4. The van der Waals surface area contributed by atoms with Crippen molar-refractivity contribution in [2.75, 3.05) is 27.9 Å². The molecular formula is C20H23NO5. The number of amides is 1. The second kappa shape index (κ2) is 9.36. The number of rotatable bonds is 9. The molecule has 2 aromatic rings. The lowest BCUT2D eigenvalue weighted by Crippen LogP contribution is -2.23. The summed E-state index contributed by atoms with van der Waals surface area (Å²) in [4.78, 5) is 12.4. The molecule has 0 atom stereocenters. The monoisotopic (exact) mass is 357 g/mol. The number of carbonyl (C=O) groups is 1. The van der Waals surface area contributed by atoms with E-state index in [1.807, 2.05) is 6.07 Å². The maximum atomic E-state index is 12.4. The third-order valence-corrected chi connectivity index (χ3v) is 3.71. The SMILES string of the molecule is C=CCOc1ccc(C(=O)NCc2ccc(OC)c(OC)c2OC)cc1. The average molecular weight is 357 g/mol. The maximum Gasteiger partial charge on any atom is 0.251 e. The molecule has 1 N–H and O–H groups in total. The molecule has 6 nitrogen and oxygen atoms in total. The van der Waals surface area contributed by atoms with Gasteiger partial charge in [-0.1, -0.05) is 12.7 Å². The van der Waals surface area contributed by atoms with Crippen LogP contribution in [0.15, 0.2) is 49.1 Å². The zero-order valence-electron chi connectivity index (χ0n) is 15.2.